The molecule has 1 aliphatic heterocycles. The number of hydrogen-bond acceptors (Lipinski definition) is 6. The highest BCUT2D eigenvalue weighted by Gasteiger charge is 2.19. The maximum absolute atomic E-state index is 12.5. The second-order valence-corrected chi connectivity index (χ2v) is 7.00. The van der Waals surface area contributed by atoms with Crippen molar-refractivity contribution >= 4 is 29.0 Å². The van der Waals surface area contributed by atoms with E-state index in [4.69, 9.17) is 21.1 Å². The Hall–Kier alpha value is -2.54. The van der Waals surface area contributed by atoms with Crippen LogP contribution in [0, 0.1) is 5.92 Å². The predicted molar refractivity (Wildman–Crippen MR) is 105 cm³/mol. The molecule has 0 radical (unpaired) electrons. The van der Waals surface area contributed by atoms with Gasteiger partial charge in [0.05, 0.1) is 37.3 Å². The summed E-state index contributed by atoms with van der Waals surface area (Å²) in [6.45, 7) is 4.16. The van der Waals surface area contributed by atoms with Crippen LogP contribution in [0.25, 0.3) is 0 Å². The van der Waals surface area contributed by atoms with Crippen LogP contribution in [0.1, 0.15) is 30.3 Å². The van der Waals surface area contributed by atoms with Crippen molar-refractivity contribution in [1.29, 1.82) is 0 Å². The van der Waals surface area contributed by atoms with Crippen LogP contribution >= 0.6 is 11.6 Å². The van der Waals surface area contributed by atoms with Gasteiger partial charge >= 0.3 is 0 Å². The number of halogens is 1. The van der Waals surface area contributed by atoms with Gasteiger partial charge in [-0.05, 0) is 18.8 Å². The van der Waals surface area contributed by atoms with Gasteiger partial charge in [0.15, 0.2) is 0 Å². The van der Waals surface area contributed by atoms with E-state index in [-0.39, 0.29) is 11.6 Å². The van der Waals surface area contributed by atoms with Gasteiger partial charge in [0.2, 0.25) is 0 Å². The SMILES string of the molecule is COc1cc(NC(=O)c2cnc(N3CCCC(C)C3)cn2)c(OC)cc1Cl. The third-order valence-corrected chi connectivity index (χ3v) is 4.87. The molecular weight excluding hydrogens is 368 g/mol. The third kappa shape index (κ3) is 4.42. The molecule has 2 aromatic rings. The molecule has 7 nitrogen and oxygen atoms in total. The van der Waals surface area contributed by atoms with Gasteiger partial charge in [-0.2, -0.15) is 0 Å². The number of carbonyl (C=O) groups excluding carboxylic acids is 1. The largest absolute Gasteiger partial charge is 0.495 e. The van der Waals surface area contributed by atoms with Gasteiger partial charge in [0, 0.05) is 25.2 Å². The summed E-state index contributed by atoms with van der Waals surface area (Å²) < 4.78 is 10.5. The number of nitrogens with zero attached hydrogens (tertiary/aromatic N) is 3. The molecule has 0 aliphatic carbocycles. The molecule has 1 aromatic heterocycles. The Morgan fingerprint density at radius 1 is 1.22 bits per heavy atom. The van der Waals surface area contributed by atoms with Gasteiger partial charge in [0.1, 0.15) is 23.0 Å². The summed E-state index contributed by atoms with van der Waals surface area (Å²) in [5, 5.41) is 3.16. The molecule has 1 fully saturated rings. The third-order valence-electron chi connectivity index (χ3n) is 4.57. The number of rotatable bonds is 5. The molecule has 8 heteroatoms. The van der Waals surface area contributed by atoms with E-state index in [9.17, 15) is 4.79 Å². The zero-order chi connectivity index (χ0) is 19.4. The fourth-order valence-corrected chi connectivity index (χ4v) is 3.37. The average Bonchev–Trinajstić information content (AvgIpc) is 2.69. The average molecular weight is 391 g/mol. The number of methoxy groups -OCH3 is 2. The summed E-state index contributed by atoms with van der Waals surface area (Å²) in [5.74, 6) is 1.91. The lowest BCUT2D eigenvalue weighted by Gasteiger charge is -2.31. The summed E-state index contributed by atoms with van der Waals surface area (Å²) >= 11 is 6.09. The number of aromatic nitrogens is 2. The fraction of sp³-hybridized carbons (Fsp3) is 0.421. The van der Waals surface area contributed by atoms with Crippen LogP contribution in [0.4, 0.5) is 11.5 Å². The van der Waals surface area contributed by atoms with Crippen LogP contribution in [-0.2, 0) is 0 Å². The number of amides is 1. The number of piperidine rings is 1. The van der Waals surface area contributed by atoms with Gasteiger partial charge < -0.3 is 19.7 Å². The van der Waals surface area contributed by atoms with Crippen molar-refractivity contribution in [3.8, 4) is 11.5 Å². The lowest BCUT2D eigenvalue weighted by molar-refractivity contribution is 0.102. The number of carbonyl (C=O) groups is 1. The minimum absolute atomic E-state index is 0.222. The van der Waals surface area contributed by atoms with E-state index in [1.165, 1.54) is 26.8 Å². The molecule has 0 spiro atoms. The molecule has 1 aliphatic rings. The zero-order valence-electron chi connectivity index (χ0n) is 15.7. The highest BCUT2D eigenvalue weighted by atomic mass is 35.5. The van der Waals surface area contributed by atoms with Crippen LogP contribution in [0.5, 0.6) is 11.5 Å². The van der Waals surface area contributed by atoms with E-state index in [2.05, 4.69) is 27.1 Å². The van der Waals surface area contributed by atoms with Crippen LogP contribution in [0.2, 0.25) is 5.02 Å². The van der Waals surface area contributed by atoms with Crippen LogP contribution in [0.3, 0.4) is 0 Å². The summed E-state index contributed by atoms with van der Waals surface area (Å²) in [5.41, 5.74) is 0.666. The molecule has 1 saturated heterocycles. The normalized spacial score (nSPS) is 16.7. The van der Waals surface area contributed by atoms with Crippen molar-refractivity contribution in [3.05, 3.63) is 35.2 Å². The first-order valence-electron chi connectivity index (χ1n) is 8.81. The van der Waals surface area contributed by atoms with Crippen molar-refractivity contribution in [3.63, 3.8) is 0 Å². The minimum atomic E-state index is -0.385. The van der Waals surface area contributed by atoms with Crippen LogP contribution in [0.15, 0.2) is 24.5 Å². The molecule has 1 amide bonds. The molecule has 144 valence electrons. The highest BCUT2D eigenvalue weighted by molar-refractivity contribution is 6.32. The van der Waals surface area contributed by atoms with E-state index in [1.54, 1.807) is 18.3 Å². The Labute approximate surface area is 163 Å². The van der Waals surface area contributed by atoms with Crippen molar-refractivity contribution in [1.82, 2.24) is 9.97 Å². The van der Waals surface area contributed by atoms with Crippen molar-refractivity contribution in [2.24, 2.45) is 5.92 Å². The maximum atomic E-state index is 12.5. The Morgan fingerprint density at radius 3 is 2.63 bits per heavy atom. The summed E-state index contributed by atoms with van der Waals surface area (Å²) in [4.78, 5) is 23.4. The van der Waals surface area contributed by atoms with E-state index in [0.29, 0.717) is 28.1 Å². The molecule has 2 heterocycles. The Bertz CT molecular complexity index is 813. The molecule has 1 aromatic carbocycles. The summed E-state index contributed by atoms with van der Waals surface area (Å²) in [7, 11) is 3.01. The Balaban J connectivity index is 1.75. The summed E-state index contributed by atoms with van der Waals surface area (Å²) in [6, 6.07) is 3.19. The zero-order valence-corrected chi connectivity index (χ0v) is 16.4. The Kier molecular flexibility index (Phi) is 6.01. The second-order valence-electron chi connectivity index (χ2n) is 6.59. The standard InChI is InChI=1S/C19H23ClN4O3/c1-12-5-4-6-24(11-12)18-10-21-15(9-22-18)19(25)23-14-8-16(26-2)13(20)7-17(14)27-3/h7-10,12H,4-6,11H2,1-3H3,(H,23,25). The quantitative estimate of drug-likeness (QED) is 0.839. The number of ether oxygens (including phenoxy) is 2. The van der Waals surface area contributed by atoms with Crippen molar-refractivity contribution in [2.75, 3.05) is 37.5 Å². The highest BCUT2D eigenvalue weighted by Crippen LogP contribution is 2.36. The monoisotopic (exact) mass is 390 g/mol. The molecule has 0 saturated carbocycles. The van der Waals surface area contributed by atoms with Gasteiger partial charge in [0.25, 0.3) is 5.91 Å². The molecule has 1 atom stereocenters. The van der Waals surface area contributed by atoms with E-state index >= 15 is 0 Å². The van der Waals surface area contributed by atoms with Crippen molar-refractivity contribution in [2.45, 2.75) is 19.8 Å². The fourth-order valence-electron chi connectivity index (χ4n) is 3.14. The number of nitrogens with one attached hydrogen (secondary N) is 1. The molecular formula is C19H23ClN4O3. The predicted octanol–water partition coefficient (Wildman–Crippen LogP) is 3.64. The first-order valence-corrected chi connectivity index (χ1v) is 9.19. The van der Waals surface area contributed by atoms with E-state index in [1.807, 2.05) is 0 Å². The molecule has 1 unspecified atom stereocenters. The second kappa shape index (κ2) is 8.43. The first kappa shape index (κ1) is 19.2. The first-order chi connectivity index (χ1) is 13.0. The van der Waals surface area contributed by atoms with Crippen molar-refractivity contribution < 1.29 is 14.3 Å². The summed E-state index contributed by atoms with van der Waals surface area (Å²) in [6.07, 6.45) is 5.51. The molecule has 3 rings (SSSR count). The number of benzene rings is 1. The van der Waals surface area contributed by atoms with E-state index < -0.39 is 0 Å². The molecule has 27 heavy (non-hydrogen) atoms. The van der Waals surface area contributed by atoms with Crippen LogP contribution in [-0.4, -0.2) is 43.2 Å². The van der Waals surface area contributed by atoms with Crippen LogP contribution < -0.4 is 19.7 Å². The maximum Gasteiger partial charge on any atom is 0.275 e. The topological polar surface area (TPSA) is 76.6 Å². The van der Waals surface area contributed by atoms with Gasteiger partial charge in [-0.15, -0.1) is 0 Å². The number of hydrogen-bond donors (Lipinski definition) is 1. The Morgan fingerprint density at radius 2 is 2.00 bits per heavy atom. The van der Waals surface area contributed by atoms with Gasteiger partial charge in [-0.25, -0.2) is 9.97 Å². The molecule has 0 bridgehead atoms. The smallest absolute Gasteiger partial charge is 0.275 e. The lowest BCUT2D eigenvalue weighted by atomic mass is 10.0. The van der Waals surface area contributed by atoms with Gasteiger partial charge in [-0.3, -0.25) is 4.79 Å². The number of anilines is 2. The molecule has 1 N–H and O–H groups in total. The van der Waals surface area contributed by atoms with E-state index in [0.717, 1.165) is 25.3 Å². The minimum Gasteiger partial charge on any atom is -0.495 e. The van der Waals surface area contributed by atoms with Gasteiger partial charge in [-0.1, -0.05) is 18.5 Å². The lowest BCUT2D eigenvalue weighted by Crippen LogP contribution is -2.35.